The van der Waals surface area contributed by atoms with E-state index in [1.54, 1.807) is 0 Å². The van der Waals surface area contributed by atoms with E-state index in [9.17, 15) is 13.2 Å². The van der Waals surface area contributed by atoms with Gasteiger partial charge in [0.25, 0.3) is 0 Å². The highest BCUT2D eigenvalue weighted by Gasteiger charge is 2.31. The molecular formula is C19H18F3N5O. The fourth-order valence-electron chi connectivity index (χ4n) is 2.64. The summed E-state index contributed by atoms with van der Waals surface area (Å²) in [6.07, 6.45) is -3.36. The van der Waals surface area contributed by atoms with Crippen LogP contribution in [0.25, 0.3) is 0 Å². The predicted molar refractivity (Wildman–Crippen MR) is 102 cm³/mol. The lowest BCUT2D eigenvalue weighted by Crippen LogP contribution is -2.19. The van der Waals surface area contributed by atoms with Crippen molar-refractivity contribution >= 4 is 28.7 Å². The summed E-state index contributed by atoms with van der Waals surface area (Å²) in [4.78, 5) is 10.4. The van der Waals surface area contributed by atoms with Crippen LogP contribution in [0.2, 0.25) is 0 Å². The Balaban J connectivity index is 1.83. The highest BCUT2D eigenvalue weighted by Crippen LogP contribution is 2.33. The average Bonchev–Trinajstić information content (AvgIpc) is 2.66. The van der Waals surface area contributed by atoms with Gasteiger partial charge in [0.15, 0.2) is 11.6 Å². The van der Waals surface area contributed by atoms with Gasteiger partial charge < -0.3 is 20.7 Å². The maximum Gasteiger partial charge on any atom is 0.573 e. The van der Waals surface area contributed by atoms with Gasteiger partial charge in [-0.2, -0.15) is 0 Å². The lowest BCUT2D eigenvalue weighted by atomic mass is 10.2. The second-order valence-electron chi connectivity index (χ2n) is 5.74. The van der Waals surface area contributed by atoms with E-state index in [1.807, 2.05) is 42.2 Å². The van der Waals surface area contributed by atoms with E-state index in [0.717, 1.165) is 5.69 Å². The van der Waals surface area contributed by atoms with Crippen LogP contribution in [-0.4, -0.2) is 22.9 Å². The first-order chi connectivity index (χ1) is 13.4. The number of hydrogen-bond donors (Lipinski definition) is 2. The third-order valence-electron chi connectivity index (χ3n) is 3.85. The topological polar surface area (TPSA) is 76.3 Å². The number of halogens is 3. The van der Waals surface area contributed by atoms with Crippen LogP contribution in [0.3, 0.4) is 0 Å². The van der Waals surface area contributed by atoms with Crippen molar-refractivity contribution in [2.75, 3.05) is 22.5 Å². The number of rotatable bonds is 6. The van der Waals surface area contributed by atoms with Crippen molar-refractivity contribution in [2.45, 2.75) is 13.3 Å². The Labute approximate surface area is 159 Å². The quantitative estimate of drug-likeness (QED) is 0.627. The van der Waals surface area contributed by atoms with Gasteiger partial charge in [-0.25, -0.2) is 9.97 Å². The summed E-state index contributed by atoms with van der Waals surface area (Å²) < 4.78 is 40.6. The summed E-state index contributed by atoms with van der Waals surface area (Å²) >= 11 is 0. The number of benzene rings is 2. The van der Waals surface area contributed by atoms with Crippen molar-refractivity contribution in [1.82, 2.24) is 9.97 Å². The van der Waals surface area contributed by atoms with Crippen LogP contribution in [0.15, 0.2) is 60.9 Å². The summed E-state index contributed by atoms with van der Waals surface area (Å²) in [6.45, 7) is 2.61. The molecule has 28 heavy (non-hydrogen) atoms. The van der Waals surface area contributed by atoms with Crippen LogP contribution in [-0.2, 0) is 0 Å². The smallest absolute Gasteiger partial charge is 0.406 e. The van der Waals surface area contributed by atoms with E-state index in [-0.39, 0.29) is 5.75 Å². The largest absolute Gasteiger partial charge is 0.573 e. The molecule has 0 bridgehead atoms. The highest BCUT2D eigenvalue weighted by atomic mass is 19.4. The number of nitrogen functional groups attached to an aromatic ring is 1. The van der Waals surface area contributed by atoms with Gasteiger partial charge in [-0.3, -0.25) is 0 Å². The molecule has 3 aromatic rings. The summed E-state index contributed by atoms with van der Waals surface area (Å²) in [6, 6.07) is 14.9. The fourth-order valence-corrected chi connectivity index (χ4v) is 2.64. The van der Waals surface area contributed by atoms with E-state index in [4.69, 9.17) is 5.73 Å². The van der Waals surface area contributed by atoms with E-state index < -0.39 is 6.36 Å². The van der Waals surface area contributed by atoms with Gasteiger partial charge in [-0.15, -0.1) is 13.2 Å². The van der Waals surface area contributed by atoms with Crippen molar-refractivity contribution in [1.29, 1.82) is 0 Å². The zero-order valence-corrected chi connectivity index (χ0v) is 14.9. The maximum atomic E-state index is 12.3. The summed E-state index contributed by atoms with van der Waals surface area (Å²) in [5.41, 5.74) is 8.01. The molecular weight excluding hydrogens is 371 g/mol. The molecule has 0 saturated carbocycles. The molecule has 1 heterocycles. The Morgan fingerprint density at radius 2 is 1.71 bits per heavy atom. The number of hydrogen-bond acceptors (Lipinski definition) is 6. The maximum absolute atomic E-state index is 12.3. The fraction of sp³-hybridized carbons (Fsp3) is 0.158. The van der Waals surface area contributed by atoms with Crippen molar-refractivity contribution in [2.24, 2.45) is 0 Å². The Hall–Kier alpha value is -3.49. The summed E-state index contributed by atoms with van der Waals surface area (Å²) in [5, 5.41) is 2.99. The number of alkyl halides is 3. The van der Waals surface area contributed by atoms with Crippen LogP contribution < -0.4 is 20.7 Å². The average molecular weight is 389 g/mol. The number of nitrogens with two attached hydrogens (primary N) is 1. The second kappa shape index (κ2) is 8.03. The molecule has 0 saturated heterocycles. The molecule has 2 aromatic carbocycles. The normalized spacial score (nSPS) is 11.1. The number of anilines is 5. The van der Waals surface area contributed by atoms with E-state index in [2.05, 4.69) is 20.0 Å². The monoisotopic (exact) mass is 389 g/mol. The predicted octanol–water partition coefficient (Wildman–Crippen LogP) is 4.86. The van der Waals surface area contributed by atoms with Gasteiger partial charge in [-0.05, 0) is 43.3 Å². The molecule has 0 spiro atoms. The summed E-state index contributed by atoms with van der Waals surface area (Å²) in [5.74, 6) is 0.572. The Morgan fingerprint density at radius 1 is 1.04 bits per heavy atom. The van der Waals surface area contributed by atoms with Crippen molar-refractivity contribution in [3.05, 3.63) is 60.9 Å². The molecule has 3 rings (SSSR count). The molecule has 0 aliphatic carbocycles. The number of nitrogens with one attached hydrogen (secondary N) is 1. The van der Waals surface area contributed by atoms with Gasteiger partial charge in [0.1, 0.15) is 17.8 Å². The zero-order valence-electron chi connectivity index (χ0n) is 14.9. The molecule has 6 nitrogen and oxygen atoms in total. The number of aromatic nitrogens is 2. The molecule has 0 aliphatic rings. The van der Waals surface area contributed by atoms with Gasteiger partial charge in [0.05, 0.1) is 0 Å². The van der Waals surface area contributed by atoms with Gasteiger partial charge in [0.2, 0.25) is 0 Å². The standard InChI is InChI=1S/C19H18F3N5O/c1-2-27(14-6-4-3-5-7-14)18-16(23)17(24-12-25-18)26-13-8-10-15(11-9-13)28-19(20,21)22/h3-12H,2,23H2,1H3,(H,24,25,26). The first-order valence-electron chi connectivity index (χ1n) is 8.43. The molecule has 0 aliphatic heterocycles. The number of ether oxygens (including phenoxy) is 1. The first kappa shape index (κ1) is 19.3. The molecule has 0 unspecified atom stereocenters. The van der Waals surface area contributed by atoms with Crippen LogP contribution in [0.5, 0.6) is 5.75 Å². The van der Waals surface area contributed by atoms with Crippen LogP contribution in [0.1, 0.15) is 6.92 Å². The minimum absolute atomic E-state index is 0.310. The van der Waals surface area contributed by atoms with Gasteiger partial charge in [-0.1, -0.05) is 18.2 Å². The van der Waals surface area contributed by atoms with Crippen molar-refractivity contribution in [3.63, 3.8) is 0 Å². The minimum atomic E-state index is -4.73. The Morgan fingerprint density at radius 3 is 2.32 bits per heavy atom. The lowest BCUT2D eigenvalue weighted by molar-refractivity contribution is -0.274. The van der Waals surface area contributed by atoms with E-state index in [1.165, 1.54) is 30.6 Å². The van der Waals surface area contributed by atoms with E-state index in [0.29, 0.717) is 29.6 Å². The van der Waals surface area contributed by atoms with Crippen LogP contribution in [0.4, 0.5) is 41.9 Å². The molecule has 9 heteroatoms. The molecule has 3 N–H and O–H groups in total. The zero-order chi connectivity index (χ0) is 20.1. The third kappa shape index (κ3) is 4.61. The van der Waals surface area contributed by atoms with Gasteiger partial charge in [0, 0.05) is 17.9 Å². The molecule has 0 amide bonds. The van der Waals surface area contributed by atoms with Crippen molar-refractivity contribution in [3.8, 4) is 5.75 Å². The van der Waals surface area contributed by atoms with Crippen LogP contribution in [0, 0.1) is 0 Å². The molecule has 1 aromatic heterocycles. The highest BCUT2D eigenvalue weighted by molar-refractivity contribution is 5.81. The van der Waals surface area contributed by atoms with E-state index >= 15 is 0 Å². The first-order valence-corrected chi connectivity index (χ1v) is 8.43. The summed E-state index contributed by atoms with van der Waals surface area (Å²) in [7, 11) is 0. The minimum Gasteiger partial charge on any atom is -0.406 e. The molecule has 0 atom stereocenters. The second-order valence-corrected chi connectivity index (χ2v) is 5.74. The van der Waals surface area contributed by atoms with Gasteiger partial charge >= 0.3 is 6.36 Å². The van der Waals surface area contributed by atoms with Crippen molar-refractivity contribution < 1.29 is 17.9 Å². The number of nitrogens with zero attached hydrogens (tertiary/aromatic N) is 3. The lowest BCUT2D eigenvalue weighted by Gasteiger charge is -2.24. The Kier molecular flexibility index (Phi) is 5.53. The molecule has 0 radical (unpaired) electrons. The molecule has 146 valence electrons. The number of para-hydroxylation sites is 1. The SMILES string of the molecule is CCN(c1ccccc1)c1ncnc(Nc2ccc(OC(F)(F)F)cc2)c1N. The third-order valence-corrected chi connectivity index (χ3v) is 3.85. The Bertz CT molecular complexity index is 917. The molecule has 0 fully saturated rings. The van der Waals surface area contributed by atoms with Crippen LogP contribution >= 0.6 is 0 Å².